The lowest BCUT2D eigenvalue weighted by Crippen LogP contribution is -2.14. The quantitative estimate of drug-likeness (QED) is 0.652. The molecule has 0 aliphatic carbocycles. The molecule has 3 N–H and O–H groups in total. The van der Waals surface area contributed by atoms with E-state index in [9.17, 15) is 0 Å². The van der Waals surface area contributed by atoms with Crippen molar-refractivity contribution in [3.63, 3.8) is 0 Å². The maximum absolute atomic E-state index is 5.62. The van der Waals surface area contributed by atoms with Gasteiger partial charge in [0.2, 0.25) is 0 Å². The summed E-state index contributed by atoms with van der Waals surface area (Å²) in [7, 11) is 0. The first-order chi connectivity index (χ1) is 10.1. The summed E-state index contributed by atoms with van der Waals surface area (Å²) in [5.41, 5.74) is 5.58. The minimum Gasteiger partial charge on any atom is -0.494 e. The monoisotopic (exact) mass is 286 g/mol. The van der Waals surface area contributed by atoms with Gasteiger partial charge in [0.1, 0.15) is 11.6 Å². The van der Waals surface area contributed by atoms with Crippen molar-refractivity contribution in [3.05, 3.63) is 35.5 Å². The molecule has 0 bridgehead atoms. The van der Waals surface area contributed by atoms with Gasteiger partial charge in [-0.05, 0) is 31.9 Å². The van der Waals surface area contributed by atoms with Gasteiger partial charge in [-0.1, -0.05) is 26.0 Å². The molecule has 0 amide bonds. The Morgan fingerprint density at radius 1 is 1.29 bits per heavy atom. The molecule has 5 nitrogen and oxygen atoms in total. The van der Waals surface area contributed by atoms with E-state index in [4.69, 9.17) is 10.6 Å². The molecular weight excluding hydrogens is 264 g/mol. The number of nitrogens with zero attached hydrogens (tertiary/aromatic N) is 2. The third-order valence-corrected chi connectivity index (χ3v) is 3.25. The van der Waals surface area contributed by atoms with Crippen LogP contribution in [0.25, 0.3) is 11.4 Å². The van der Waals surface area contributed by atoms with Gasteiger partial charge in [-0.2, -0.15) is 0 Å². The first kappa shape index (κ1) is 15.3. The normalized spacial score (nSPS) is 10.8. The van der Waals surface area contributed by atoms with Crippen LogP contribution in [0.1, 0.15) is 37.9 Å². The number of hydrazine groups is 1. The Bertz CT molecular complexity index is 626. The molecule has 2 aromatic rings. The highest BCUT2D eigenvalue weighted by molar-refractivity contribution is 5.61. The third-order valence-electron chi connectivity index (χ3n) is 3.25. The zero-order valence-electron chi connectivity index (χ0n) is 13.0. The number of anilines is 1. The molecule has 0 spiro atoms. The summed E-state index contributed by atoms with van der Waals surface area (Å²) in [5.74, 6) is 8.05. The molecule has 0 aliphatic heterocycles. The van der Waals surface area contributed by atoms with Crippen LogP contribution in [0.3, 0.4) is 0 Å². The van der Waals surface area contributed by atoms with Crippen molar-refractivity contribution in [2.75, 3.05) is 12.0 Å². The summed E-state index contributed by atoms with van der Waals surface area (Å²) in [6.07, 6.45) is 0. The lowest BCUT2D eigenvalue weighted by molar-refractivity contribution is 0.340. The number of nitrogen functional groups attached to an aromatic ring is 1. The standard InChI is InChI=1S/C16H22N4O/c1-5-21-13-8-6-7-12(9-13)15-18-11(4)14(10(2)3)16(19-15)20-17/h6-10H,5,17H2,1-4H3,(H,18,19,20). The van der Waals surface area contributed by atoms with Gasteiger partial charge < -0.3 is 10.2 Å². The van der Waals surface area contributed by atoms with Crippen LogP contribution in [0.5, 0.6) is 5.75 Å². The molecule has 21 heavy (non-hydrogen) atoms. The second kappa shape index (κ2) is 6.54. The second-order valence-electron chi connectivity index (χ2n) is 5.15. The van der Waals surface area contributed by atoms with Crippen molar-refractivity contribution in [2.45, 2.75) is 33.6 Å². The van der Waals surface area contributed by atoms with E-state index in [0.29, 0.717) is 24.2 Å². The van der Waals surface area contributed by atoms with E-state index in [1.54, 1.807) is 0 Å². The number of benzene rings is 1. The van der Waals surface area contributed by atoms with Crippen molar-refractivity contribution < 1.29 is 4.74 Å². The number of aromatic nitrogens is 2. The summed E-state index contributed by atoms with van der Waals surface area (Å²) in [5, 5.41) is 0. The van der Waals surface area contributed by atoms with E-state index >= 15 is 0 Å². The van der Waals surface area contributed by atoms with Gasteiger partial charge in [0, 0.05) is 16.8 Å². The van der Waals surface area contributed by atoms with Crippen LogP contribution in [0.4, 0.5) is 5.82 Å². The van der Waals surface area contributed by atoms with Gasteiger partial charge in [-0.25, -0.2) is 15.8 Å². The van der Waals surface area contributed by atoms with Crippen LogP contribution in [0.15, 0.2) is 24.3 Å². The highest BCUT2D eigenvalue weighted by atomic mass is 16.5. The number of nitrogens with one attached hydrogen (secondary N) is 1. The summed E-state index contributed by atoms with van der Waals surface area (Å²) < 4.78 is 5.52. The largest absolute Gasteiger partial charge is 0.494 e. The zero-order chi connectivity index (χ0) is 15.4. The minimum atomic E-state index is 0.305. The molecule has 0 aliphatic rings. The number of ether oxygens (including phenoxy) is 1. The molecule has 2 rings (SSSR count). The molecule has 0 saturated heterocycles. The van der Waals surface area contributed by atoms with Gasteiger partial charge >= 0.3 is 0 Å². The highest BCUT2D eigenvalue weighted by Gasteiger charge is 2.15. The van der Waals surface area contributed by atoms with E-state index in [0.717, 1.165) is 22.6 Å². The van der Waals surface area contributed by atoms with E-state index in [1.807, 2.05) is 38.1 Å². The smallest absolute Gasteiger partial charge is 0.161 e. The summed E-state index contributed by atoms with van der Waals surface area (Å²) in [4.78, 5) is 9.15. The van der Waals surface area contributed by atoms with Crippen LogP contribution in [-0.2, 0) is 0 Å². The first-order valence-electron chi connectivity index (χ1n) is 7.15. The maximum atomic E-state index is 5.62. The fourth-order valence-corrected chi connectivity index (χ4v) is 2.40. The molecule has 5 heteroatoms. The molecule has 1 heterocycles. The molecule has 0 unspecified atom stereocenters. The van der Waals surface area contributed by atoms with Crippen LogP contribution in [0.2, 0.25) is 0 Å². The SMILES string of the molecule is CCOc1cccc(-c2nc(C)c(C(C)C)c(NN)n2)c1. The summed E-state index contributed by atoms with van der Waals surface area (Å²) >= 11 is 0. The Labute approximate surface area is 125 Å². The molecule has 1 aromatic carbocycles. The minimum absolute atomic E-state index is 0.305. The van der Waals surface area contributed by atoms with E-state index < -0.39 is 0 Å². The van der Waals surface area contributed by atoms with Gasteiger partial charge in [0.05, 0.1) is 6.61 Å². The predicted molar refractivity (Wildman–Crippen MR) is 85.3 cm³/mol. The van der Waals surface area contributed by atoms with E-state index in [-0.39, 0.29) is 0 Å². The Kier molecular flexibility index (Phi) is 4.75. The number of nitrogens with two attached hydrogens (primary N) is 1. The molecule has 0 saturated carbocycles. The Hall–Kier alpha value is -2.14. The summed E-state index contributed by atoms with van der Waals surface area (Å²) in [6.45, 7) is 8.77. The first-order valence-corrected chi connectivity index (χ1v) is 7.15. The van der Waals surface area contributed by atoms with Crippen LogP contribution >= 0.6 is 0 Å². The van der Waals surface area contributed by atoms with Crippen molar-refractivity contribution >= 4 is 5.82 Å². The Balaban J connectivity index is 2.50. The van der Waals surface area contributed by atoms with Crippen LogP contribution < -0.4 is 16.0 Å². The fraction of sp³-hybridized carbons (Fsp3) is 0.375. The molecule has 112 valence electrons. The number of hydrogen-bond donors (Lipinski definition) is 2. The molecular formula is C16H22N4O. The maximum Gasteiger partial charge on any atom is 0.161 e. The molecule has 0 fully saturated rings. The van der Waals surface area contributed by atoms with E-state index in [1.165, 1.54) is 0 Å². The van der Waals surface area contributed by atoms with Crippen molar-refractivity contribution in [2.24, 2.45) is 5.84 Å². The Morgan fingerprint density at radius 2 is 2.05 bits per heavy atom. The van der Waals surface area contributed by atoms with Gasteiger partial charge in [0.15, 0.2) is 5.82 Å². The second-order valence-corrected chi connectivity index (χ2v) is 5.15. The number of hydrogen-bond acceptors (Lipinski definition) is 5. The lowest BCUT2D eigenvalue weighted by atomic mass is 10.0. The zero-order valence-corrected chi connectivity index (χ0v) is 13.0. The van der Waals surface area contributed by atoms with Gasteiger partial charge in [0.25, 0.3) is 0 Å². The topological polar surface area (TPSA) is 73.1 Å². The average molecular weight is 286 g/mol. The molecule has 0 radical (unpaired) electrons. The lowest BCUT2D eigenvalue weighted by Gasteiger charge is -2.15. The van der Waals surface area contributed by atoms with Crippen molar-refractivity contribution in [1.29, 1.82) is 0 Å². The van der Waals surface area contributed by atoms with Crippen LogP contribution in [-0.4, -0.2) is 16.6 Å². The van der Waals surface area contributed by atoms with E-state index in [2.05, 4.69) is 29.2 Å². The van der Waals surface area contributed by atoms with Crippen molar-refractivity contribution in [3.8, 4) is 17.1 Å². The van der Waals surface area contributed by atoms with Crippen LogP contribution in [0, 0.1) is 6.92 Å². The Morgan fingerprint density at radius 3 is 2.67 bits per heavy atom. The highest BCUT2D eigenvalue weighted by Crippen LogP contribution is 2.28. The number of aryl methyl sites for hydroxylation is 1. The summed E-state index contributed by atoms with van der Waals surface area (Å²) in [6, 6.07) is 7.76. The average Bonchev–Trinajstić information content (AvgIpc) is 2.46. The molecule has 0 atom stereocenters. The fourth-order valence-electron chi connectivity index (χ4n) is 2.40. The number of rotatable bonds is 5. The molecule has 1 aromatic heterocycles. The van der Waals surface area contributed by atoms with Crippen molar-refractivity contribution in [1.82, 2.24) is 9.97 Å². The predicted octanol–water partition coefficient (Wildman–Crippen LogP) is 3.26. The third kappa shape index (κ3) is 3.31. The van der Waals surface area contributed by atoms with Gasteiger partial charge in [-0.3, -0.25) is 0 Å². The van der Waals surface area contributed by atoms with Gasteiger partial charge in [-0.15, -0.1) is 0 Å².